The van der Waals surface area contributed by atoms with E-state index in [-0.39, 0.29) is 17.5 Å². The van der Waals surface area contributed by atoms with Crippen LogP contribution in [0.5, 0.6) is 0 Å². The summed E-state index contributed by atoms with van der Waals surface area (Å²) < 4.78 is 1.92. The summed E-state index contributed by atoms with van der Waals surface area (Å²) in [6.45, 7) is 1.09. The Morgan fingerprint density at radius 2 is 1.79 bits per heavy atom. The smallest absolute Gasteiger partial charge is 0.329 e. The molecule has 1 fully saturated rings. The highest BCUT2D eigenvalue weighted by Gasteiger charge is 2.26. The molecule has 0 spiro atoms. The van der Waals surface area contributed by atoms with Crippen molar-refractivity contribution in [2.75, 3.05) is 10.6 Å². The standard InChI is InChI=1S/C24H23N7O2/c32-31(33)21-14-26-24(28-23(21)27-20-11-12-20)25-13-19-16-30(15-17-7-3-1-4-8-17)29-22(19)18-9-5-2-6-10-18/h1-10,14,16,20H,11-13,15H2,(H2,25,26,27,28). The average Bonchev–Trinajstić information content (AvgIpc) is 3.56. The monoisotopic (exact) mass is 441 g/mol. The lowest BCUT2D eigenvalue weighted by atomic mass is 10.1. The molecule has 0 amide bonds. The Balaban J connectivity index is 1.39. The number of nitrogens with zero attached hydrogens (tertiary/aromatic N) is 5. The Labute approximate surface area is 190 Å². The van der Waals surface area contributed by atoms with Gasteiger partial charge in [-0.2, -0.15) is 10.1 Å². The molecule has 0 unspecified atom stereocenters. The molecule has 5 rings (SSSR count). The lowest BCUT2D eigenvalue weighted by molar-refractivity contribution is -0.384. The van der Waals surface area contributed by atoms with Crippen LogP contribution in [0.3, 0.4) is 0 Å². The Morgan fingerprint density at radius 3 is 2.48 bits per heavy atom. The maximum atomic E-state index is 11.3. The molecule has 4 aromatic rings. The van der Waals surface area contributed by atoms with Crippen molar-refractivity contribution in [3.63, 3.8) is 0 Å². The number of hydrogen-bond donors (Lipinski definition) is 2. The highest BCUT2D eigenvalue weighted by atomic mass is 16.6. The third-order valence-corrected chi connectivity index (χ3v) is 5.39. The number of hydrogen-bond acceptors (Lipinski definition) is 7. The molecule has 0 saturated heterocycles. The highest BCUT2D eigenvalue weighted by molar-refractivity contribution is 5.63. The summed E-state index contributed by atoms with van der Waals surface area (Å²) in [5.41, 5.74) is 3.91. The maximum Gasteiger partial charge on any atom is 0.329 e. The van der Waals surface area contributed by atoms with Crippen molar-refractivity contribution in [1.29, 1.82) is 0 Å². The molecule has 2 aromatic carbocycles. The fraction of sp³-hybridized carbons (Fsp3) is 0.208. The van der Waals surface area contributed by atoms with Crippen molar-refractivity contribution in [3.8, 4) is 11.3 Å². The van der Waals surface area contributed by atoms with Gasteiger partial charge in [-0.25, -0.2) is 4.98 Å². The lowest BCUT2D eigenvalue weighted by Gasteiger charge is -2.08. The quantitative estimate of drug-likeness (QED) is 0.291. The Hall–Kier alpha value is -4.27. The number of anilines is 2. The van der Waals surface area contributed by atoms with Crippen LogP contribution in [-0.2, 0) is 13.1 Å². The van der Waals surface area contributed by atoms with Gasteiger partial charge in [-0.1, -0.05) is 60.7 Å². The van der Waals surface area contributed by atoms with Crippen molar-refractivity contribution in [2.45, 2.75) is 32.0 Å². The largest absolute Gasteiger partial charge is 0.361 e. The van der Waals surface area contributed by atoms with Gasteiger partial charge in [-0.3, -0.25) is 14.8 Å². The average molecular weight is 441 g/mol. The first-order valence-corrected chi connectivity index (χ1v) is 10.8. The zero-order valence-electron chi connectivity index (χ0n) is 17.9. The number of benzene rings is 2. The summed E-state index contributed by atoms with van der Waals surface area (Å²) in [5.74, 6) is 0.585. The van der Waals surface area contributed by atoms with Crippen LogP contribution in [0, 0.1) is 10.1 Å². The predicted octanol–water partition coefficient (Wildman–Crippen LogP) is 4.48. The van der Waals surface area contributed by atoms with Crippen LogP contribution < -0.4 is 10.6 Å². The molecule has 1 aliphatic carbocycles. The fourth-order valence-corrected chi connectivity index (χ4v) is 3.58. The number of aromatic nitrogens is 4. The van der Waals surface area contributed by atoms with E-state index in [1.807, 2.05) is 59.4 Å². The van der Waals surface area contributed by atoms with E-state index in [2.05, 4.69) is 32.7 Å². The minimum Gasteiger partial charge on any atom is -0.361 e. The first kappa shape index (κ1) is 20.6. The van der Waals surface area contributed by atoms with E-state index in [1.54, 1.807) is 0 Å². The molecule has 2 heterocycles. The van der Waals surface area contributed by atoms with Gasteiger partial charge in [0.05, 0.1) is 17.2 Å². The van der Waals surface area contributed by atoms with Crippen LogP contribution in [-0.4, -0.2) is 30.7 Å². The van der Waals surface area contributed by atoms with Crippen LogP contribution in [0.25, 0.3) is 11.3 Å². The summed E-state index contributed by atoms with van der Waals surface area (Å²) in [7, 11) is 0. The zero-order valence-corrected chi connectivity index (χ0v) is 17.9. The van der Waals surface area contributed by atoms with Gasteiger partial charge in [0.25, 0.3) is 0 Å². The van der Waals surface area contributed by atoms with E-state index >= 15 is 0 Å². The highest BCUT2D eigenvalue weighted by Crippen LogP contribution is 2.30. The van der Waals surface area contributed by atoms with Gasteiger partial charge in [0.2, 0.25) is 11.8 Å². The number of nitrogens with one attached hydrogen (secondary N) is 2. The molecule has 9 heteroatoms. The van der Waals surface area contributed by atoms with Crippen LogP contribution in [0.2, 0.25) is 0 Å². The normalized spacial score (nSPS) is 13.0. The summed E-state index contributed by atoms with van der Waals surface area (Å²) in [5, 5.41) is 22.5. The molecular formula is C24H23N7O2. The second-order valence-corrected chi connectivity index (χ2v) is 8.01. The van der Waals surface area contributed by atoms with Gasteiger partial charge in [-0.15, -0.1) is 0 Å². The van der Waals surface area contributed by atoms with Crippen molar-refractivity contribution in [3.05, 3.63) is 94.3 Å². The molecule has 0 bridgehead atoms. The second kappa shape index (κ2) is 9.07. The van der Waals surface area contributed by atoms with Gasteiger partial charge in [-0.05, 0) is 18.4 Å². The molecule has 166 valence electrons. The molecule has 0 aliphatic heterocycles. The molecule has 2 aromatic heterocycles. The van der Waals surface area contributed by atoms with Crippen LogP contribution in [0.1, 0.15) is 24.0 Å². The summed E-state index contributed by atoms with van der Waals surface area (Å²) in [6, 6.07) is 20.4. The summed E-state index contributed by atoms with van der Waals surface area (Å²) in [6.07, 6.45) is 5.24. The van der Waals surface area contributed by atoms with Crippen molar-refractivity contribution in [1.82, 2.24) is 19.7 Å². The molecule has 33 heavy (non-hydrogen) atoms. The van der Waals surface area contributed by atoms with Crippen molar-refractivity contribution in [2.24, 2.45) is 0 Å². The third-order valence-electron chi connectivity index (χ3n) is 5.39. The molecule has 1 saturated carbocycles. The van der Waals surface area contributed by atoms with Crippen LogP contribution in [0.4, 0.5) is 17.5 Å². The number of nitro groups is 1. The second-order valence-electron chi connectivity index (χ2n) is 8.01. The van der Waals surface area contributed by atoms with Crippen molar-refractivity contribution < 1.29 is 4.92 Å². The summed E-state index contributed by atoms with van der Waals surface area (Å²) in [4.78, 5) is 19.4. The Kier molecular flexibility index (Phi) is 5.67. The fourth-order valence-electron chi connectivity index (χ4n) is 3.58. The third kappa shape index (κ3) is 4.98. The minimum absolute atomic E-state index is 0.117. The minimum atomic E-state index is -0.463. The predicted molar refractivity (Wildman–Crippen MR) is 126 cm³/mol. The molecule has 0 radical (unpaired) electrons. The zero-order chi connectivity index (χ0) is 22.6. The first-order valence-electron chi connectivity index (χ1n) is 10.8. The Morgan fingerprint density at radius 1 is 1.06 bits per heavy atom. The van der Waals surface area contributed by atoms with Crippen molar-refractivity contribution >= 4 is 17.5 Å². The van der Waals surface area contributed by atoms with E-state index in [9.17, 15) is 10.1 Å². The molecule has 9 nitrogen and oxygen atoms in total. The number of rotatable bonds is 9. The van der Waals surface area contributed by atoms with Gasteiger partial charge in [0.15, 0.2) is 0 Å². The Bertz CT molecular complexity index is 1250. The maximum absolute atomic E-state index is 11.3. The molecular weight excluding hydrogens is 418 g/mol. The molecule has 2 N–H and O–H groups in total. The van der Waals surface area contributed by atoms with E-state index in [0.717, 1.165) is 35.2 Å². The van der Waals surface area contributed by atoms with Gasteiger partial charge in [0.1, 0.15) is 6.20 Å². The van der Waals surface area contributed by atoms with Gasteiger partial charge < -0.3 is 10.6 Å². The molecule has 1 aliphatic rings. The van der Waals surface area contributed by atoms with E-state index in [0.29, 0.717) is 19.0 Å². The molecule has 0 atom stereocenters. The van der Waals surface area contributed by atoms with E-state index < -0.39 is 4.92 Å². The first-order chi connectivity index (χ1) is 16.2. The van der Waals surface area contributed by atoms with Crippen LogP contribution >= 0.6 is 0 Å². The van der Waals surface area contributed by atoms with Gasteiger partial charge >= 0.3 is 5.69 Å². The van der Waals surface area contributed by atoms with Gasteiger partial charge in [0, 0.05) is 29.9 Å². The topological polar surface area (TPSA) is 111 Å². The lowest BCUT2D eigenvalue weighted by Crippen LogP contribution is -2.10. The van der Waals surface area contributed by atoms with E-state index in [4.69, 9.17) is 5.10 Å². The summed E-state index contributed by atoms with van der Waals surface area (Å²) >= 11 is 0. The SMILES string of the molecule is O=[N+]([O-])c1cnc(NCc2cn(Cc3ccccc3)nc2-c2ccccc2)nc1NC1CC1. The van der Waals surface area contributed by atoms with E-state index in [1.165, 1.54) is 6.20 Å². The van der Waals surface area contributed by atoms with Crippen LogP contribution in [0.15, 0.2) is 73.1 Å².